The van der Waals surface area contributed by atoms with Gasteiger partial charge in [0.15, 0.2) is 6.61 Å². The highest BCUT2D eigenvalue weighted by Gasteiger charge is 2.26. The normalized spacial score (nSPS) is 14.1. The fraction of sp³-hybridized carbons (Fsp3) is 0.308. The molecule has 1 aromatic rings. The van der Waals surface area contributed by atoms with Gasteiger partial charge in [0.05, 0.1) is 6.42 Å². The summed E-state index contributed by atoms with van der Waals surface area (Å²) in [5, 5.41) is 2.47. The molecule has 0 aliphatic carbocycles. The van der Waals surface area contributed by atoms with Crippen LogP contribution < -0.4 is 5.32 Å². The van der Waals surface area contributed by atoms with Gasteiger partial charge in [0.1, 0.15) is 5.82 Å². The third kappa shape index (κ3) is 3.53. The van der Waals surface area contributed by atoms with Crippen LogP contribution in [-0.4, -0.2) is 42.5 Å². The van der Waals surface area contributed by atoms with Crippen molar-refractivity contribution < 1.29 is 23.5 Å². The number of carbonyl (C=O) groups excluding carboxylic acids is 3. The van der Waals surface area contributed by atoms with E-state index in [0.717, 1.165) is 4.90 Å². The van der Waals surface area contributed by atoms with E-state index in [4.69, 9.17) is 4.74 Å². The highest BCUT2D eigenvalue weighted by Crippen LogP contribution is 2.05. The SMILES string of the molecule is O=C(Cc1cccc(F)c1)OCC(=O)N1CCNC1=O. The molecule has 0 aromatic heterocycles. The highest BCUT2D eigenvalue weighted by atomic mass is 19.1. The molecule has 0 saturated carbocycles. The third-order valence-corrected chi connectivity index (χ3v) is 2.75. The summed E-state index contributed by atoms with van der Waals surface area (Å²) in [7, 11) is 0. The number of urea groups is 1. The van der Waals surface area contributed by atoms with E-state index in [1.54, 1.807) is 6.07 Å². The van der Waals surface area contributed by atoms with Crippen LogP contribution in [0.15, 0.2) is 24.3 Å². The first kappa shape index (κ1) is 14.0. The van der Waals surface area contributed by atoms with Crippen LogP contribution in [0.5, 0.6) is 0 Å². The van der Waals surface area contributed by atoms with Crippen molar-refractivity contribution in [2.24, 2.45) is 0 Å². The number of rotatable bonds is 4. The molecule has 20 heavy (non-hydrogen) atoms. The molecule has 2 rings (SSSR count). The van der Waals surface area contributed by atoms with Gasteiger partial charge in [-0.3, -0.25) is 14.5 Å². The number of imide groups is 1. The summed E-state index contributed by atoms with van der Waals surface area (Å²) in [5.41, 5.74) is 0.460. The molecule has 1 fully saturated rings. The molecule has 7 heteroatoms. The Labute approximate surface area is 114 Å². The Morgan fingerprint density at radius 3 is 2.85 bits per heavy atom. The van der Waals surface area contributed by atoms with Gasteiger partial charge < -0.3 is 10.1 Å². The number of amides is 3. The van der Waals surface area contributed by atoms with E-state index in [2.05, 4.69) is 5.32 Å². The Bertz CT molecular complexity index is 547. The second kappa shape index (κ2) is 6.14. The number of carbonyl (C=O) groups is 3. The maximum absolute atomic E-state index is 12.9. The largest absolute Gasteiger partial charge is 0.455 e. The molecule has 1 heterocycles. The lowest BCUT2D eigenvalue weighted by molar-refractivity contribution is -0.150. The first-order valence-electron chi connectivity index (χ1n) is 6.04. The molecule has 0 atom stereocenters. The molecular weight excluding hydrogens is 267 g/mol. The van der Waals surface area contributed by atoms with Gasteiger partial charge in [-0.15, -0.1) is 0 Å². The summed E-state index contributed by atoms with van der Waals surface area (Å²) >= 11 is 0. The Morgan fingerprint density at radius 1 is 1.40 bits per heavy atom. The van der Waals surface area contributed by atoms with Gasteiger partial charge in [-0.05, 0) is 17.7 Å². The second-order valence-corrected chi connectivity index (χ2v) is 4.24. The number of esters is 1. The standard InChI is InChI=1S/C13H13FN2O4/c14-10-3-1-2-9(6-10)7-12(18)20-8-11(17)16-5-4-15-13(16)19/h1-3,6H,4-5,7-8H2,(H,15,19). The predicted octanol–water partition coefficient (Wildman–Crippen LogP) is 0.463. The lowest BCUT2D eigenvalue weighted by atomic mass is 10.1. The van der Waals surface area contributed by atoms with Crippen LogP contribution in [0.4, 0.5) is 9.18 Å². The van der Waals surface area contributed by atoms with Crippen molar-refractivity contribution >= 4 is 17.9 Å². The Morgan fingerprint density at radius 2 is 2.20 bits per heavy atom. The lowest BCUT2D eigenvalue weighted by Gasteiger charge is -2.12. The molecule has 0 bridgehead atoms. The number of nitrogens with one attached hydrogen (secondary N) is 1. The third-order valence-electron chi connectivity index (χ3n) is 2.75. The molecule has 1 aliphatic heterocycles. The highest BCUT2D eigenvalue weighted by molar-refractivity contribution is 5.97. The first-order valence-corrected chi connectivity index (χ1v) is 6.04. The average molecular weight is 280 g/mol. The fourth-order valence-electron chi connectivity index (χ4n) is 1.79. The summed E-state index contributed by atoms with van der Waals surface area (Å²) in [6, 6.07) is 5.07. The maximum atomic E-state index is 12.9. The molecule has 106 valence electrons. The van der Waals surface area contributed by atoms with Gasteiger partial charge >= 0.3 is 12.0 Å². The number of hydrogen-bond donors (Lipinski definition) is 1. The van der Waals surface area contributed by atoms with Crippen LogP contribution in [-0.2, 0) is 20.7 Å². The lowest BCUT2D eigenvalue weighted by Crippen LogP contribution is -2.37. The molecule has 3 amide bonds. The summed E-state index contributed by atoms with van der Waals surface area (Å²) in [6.45, 7) is 0.155. The van der Waals surface area contributed by atoms with Crippen molar-refractivity contribution in [3.05, 3.63) is 35.6 Å². The van der Waals surface area contributed by atoms with Crippen LogP contribution in [0.25, 0.3) is 0 Å². The smallest absolute Gasteiger partial charge is 0.324 e. The van der Waals surface area contributed by atoms with E-state index in [0.29, 0.717) is 12.1 Å². The zero-order chi connectivity index (χ0) is 14.5. The van der Waals surface area contributed by atoms with Crippen LogP contribution in [0.1, 0.15) is 5.56 Å². The molecule has 1 aromatic carbocycles. The maximum Gasteiger partial charge on any atom is 0.324 e. The average Bonchev–Trinajstić information content (AvgIpc) is 2.82. The topological polar surface area (TPSA) is 75.7 Å². The van der Waals surface area contributed by atoms with Crippen molar-refractivity contribution in [1.82, 2.24) is 10.2 Å². The number of hydrogen-bond acceptors (Lipinski definition) is 4. The zero-order valence-corrected chi connectivity index (χ0v) is 10.6. The summed E-state index contributed by atoms with van der Waals surface area (Å²) < 4.78 is 17.7. The number of nitrogens with zero attached hydrogens (tertiary/aromatic N) is 1. The van der Waals surface area contributed by atoms with E-state index >= 15 is 0 Å². The van der Waals surface area contributed by atoms with E-state index < -0.39 is 30.3 Å². The molecule has 0 radical (unpaired) electrons. The monoisotopic (exact) mass is 280 g/mol. The first-order chi connectivity index (χ1) is 9.56. The number of ether oxygens (including phenoxy) is 1. The minimum absolute atomic E-state index is 0.128. The molecule has 0 unspecified atom stereocenters. The minimum atomic E-state index is -0.649. The van der Waals surface area contributed by atoms with Crippen LogP contribution >= 0.6 is 0 Å². The minimum Gasteiger partial charge on any atom is -0.455 e. The van der Waals surface area contributed by atoms with Crippen molar-refractivity contribution in [2.75, 3.05) is 19.7 Å². The van der Waals surface area contributed by atoms with Crippen LogP contribution in [0, 0.1) is 5.82 Å². The van der Waals surface area contributed by atoms with Crippen molar-refractivity contribution in [2.45, 2.75) is 6.42 Å². The van der Waals surface area contributed by atoms with Gasteiger partial charge in [-0.1, -0.05) is 12.1 Å². The van der Waals surface area contributed by atoms with Crippen molar-refractivity contribution in [1.29, 1.82) is 0 Å². The summed E-state index contributed by atoms with van der Waals surface area (Å²) in [4.78, 5) is 35.3. The summed E-state index contributed by atoms with van der Waals surface area (Å²) in [6.07, 6.45) is -0.128. The number of halogens is 1. The molecule has 0 spiro atoms. The van der Waals surface area contributed by atoms with Gasteiger partial charge in [0.2, 0.25) is 0 Å². The Balaban J connectivity index is 1.80. The van der Waals surface area contributed by atoms with Gasteiger partial charge in [0, 0.05) is 13.1 Å². The van der Waals surface area contributed by atoms with Gasteiger partial charge in [-0.2, -0.15) is 0 Å². The van der Waals surface area contributed by atoms with E-state index in [1.807, 2.05) is 0 Å². The van der Waals surface area contributed by atoms with E-state index in [-0.39, 0.29) is 13.0 Å². The van der Waals surface area contributed by atoms with Gasteiger partial charge in [0.25, 0.3) is 5.91 Å². The summed E-state index contributed by atoms with van der Waals surface area (Å²) in [5.74, 6) is -1.67. The van der Waals surface area contributed by atoms with E-state index in [9.17, 15) is 18.8 Å². The van der Waals surface area contributed by atoms with Crippen LogP contribution in [0.3, 0.4) is 0 Å². The Kier molecular flexibility index (Phi) is 4.29. The zero-order valence-electron chi connectivity index (χ0n) is 10.6. The molecule has 1 N–H and O–H groups in total. The van der Waals surface area contributed by atoms with E-state index in [1.165, 1.54) is 18.2 Å². The quantitative estimate of drug-likeness (QED) is 0.813. The fourth-order valence-corrected chi connectivity index (χ4v) is 1.79. The Hall–Kier alpha value is -2.44. The predicted molar refractivity (Wildman–Crippen MR) is 66.2 cm³/mol. The van der Waals surface area contributed by atoms with Crippen molar-refractivity contribution in [3.8, 4) is 0 Å². The van der Waals surface area contributed by atoms with Gasteiger partial charge in [-0.25, -0.2) is 9.18 Å². The van der Waals surface area contributed by atoms with Crippen LogP contribution in [0.2, 0.25) is 0 Å². The van der Waals surface area contributed by atoms with Crippen molar-refractivity contribution in [3.63, 3.8) is 0 Å². The molecular formula is C13H13FN2O4. The number of benzene rings is 1. The molecule has 1 saturated heterocycles. The molecule has 6 nitrogen and oxygen atoms in total. The molecule has 1 aliphatic rings. The second-order valence-electron chi connectivity index (χ2n) is 4.24.